The fourth-order valence-corrected chi connectivity index (χ4v) is 22.3. The van der Waals surface area contributed by atoms with E-state index in [9.17, 15) is 21.4 Å². The van der Waals surface area contributed by atoms with E-state index >= 15 is 0 Å². The summed E-state index contributed by atoms with van der Waals surface area (Å²) in [5.74, 6) is 0.213. The monoisotopic (exact) mass is 496 g/mol. The van der Waals surface area contributed by atoms with E-state index in [1.165, 1.54) is 76.7 Å². The van der Waals surface area contributed by atoms with Gasteiger partial charge in [0.1, 0.15) is 0 Å². The van der Waals surface area contributed by atoms with Gasteiger partial charge in [-0.2, -0.15) is 16.8 Å². The van der Waals surface area contributed by atoms with Crippen molar-refractivity contribution in [1.29, 1.82) is 0 Å². The molecule has 0 aliphatic heterocycles. The molecule has 1 N–H and O–H groups in total. The van der Waals surface area contributed by atoms with Gasteiger partial charge in [-0.3, -0.25) is 8.74 Å². The predicted molar refractivity (Wildman–Crippen MR) is 131 cm³/mol. The smallest absolute Gasteiger partial charge is 0.277 e. The minimum Gasteiger partial charge on any atom is -0.277 e. The zero-order valence-electron chi connectivity index (χ0n) is 18.8. The Kier molecular flexibility index (Phi) is 14.1. The van der Waals surface area contributed by atoms with Gasteiger partial charge >= 0.3 is 9.15 Å². The summed E-state index contributed by atoms with van der Waals surface area (Å²) in [6.45, 7) is 2.24. The molecule has 0 radical (unpaired) electrons. The van der Waals surface area contributed by atoms with Gasteiger partial charge in [0.05, 0.1) is 7.11 Å². The van der Waals surface area contributed by atoms with Gasteiger partial charge in [-0.1, -0.05) is 90.4 Å². The molecule has 0 fully saturated rings. The van der Waals surface area contributed by atoms with E-state index in [-0.39, 0.29) is 15.6 Å². The van der Waals surface area contributed by atoms with Crippen LogP contribution in [0.3, 0.4) is 0 Å². The molecule has 0 aliphatic carbocycles. The van der Waals surface area contributed by atoms with Gasteiger partial charge in [-0.15, -0.1) is 7.23 Å². The van der Waals surface area contributed by atoms with E-state index in [2.05, 4.69) is 11.1 Å². The lowest BCUT2D eigenvalue weighted by atomic mass is 10.0. The Labute approximate surface area is 182 Å². The number of unbranched alkanes of at least 4 members (excludes halogenated alkanes) is 13. The van der Waals surface area contributed by atoms with Crippen molar-refractivity contribution in [3.05, 3.63) is 0 Å². The Morgan fingerprint density at radius 2 is 1.07 bits per heavy atom. The van der Waals surface area contributed by atoms with E-state index in [1.807, 2.05) is 0 Å². The Bertz CT molecular complexity index is 644. The van der Waals surface area contributed by atoms with Crippen LogP contribution >= 0.6 is 17.1 Å². The highest BCUT2D eigenvalue weighted by atomic mass is 33.8. The van der Waals surface area contributed by atoms with Crippen LogP contribution in [-0.2, 0) is 22.5 Å². The molecule has 0 amide bonds. The third-order valence-corrected chi connectivity index (χ3v) is 26.3. The number of hydrogen-bond acceptors (Lipinski definition) is 6. The predicted octanol–water partition coefficient (Wildman–Crippen LogP) is 6.14. The second-order valence-corrected chi connectivity index (χ2v) is 27.6. The first-order valence-corrected chi connectivity index (χ1v) is 19.6. The van der Waals surface area contributed by atoms with Crippen molar-refractivity contribution in [3.8, 4) is 0 Å². The molecule has 0 aliphatic rings. The van der Waals surface area contributed by atoms with E-state index < -0.39 is 25.5 Å². The van der Waals surface area contributed by atoms with Crippen LogP contribution in [0, 0.1) is 0 Å². The molecule has 29 heavy (non-hydrogen) atoms. The van der Waals surface area contributed by atoms with Gasteiger partial charge in [0.15, 0.2) is 0 Å². The summed E-state index contributed by atoms with van der Waals surface area (Å²) < 4.78 is 61.5. The summed E-state index contributed by atoms with van der Waals surface area (Å²) in [6, 6.07) is 0. The fraction of sp³-hybridized carbons (Fsp3) is 1.00. The molecular weight excluding hydrogens is 452 g/mol. The third kappa shape index (κ3) is 12.2. The lowest BCUT2D eigenvalue weighted by Crippen LogP contribution is -2.28. The average Bonchev–Trinajstić information content (AvgIpc) is 2.60. The molecule has 10 heteroatoms. The summed E-state index contributed by atoms with van der Waals surface area (Å²) >= 11 is 0. The molecule has 0 aromatic carbocycles. The van der Waals surface area contributed by atoms with Gasteiger partial charge in [0.25, 0.3) is 9.15 Å². The lowest BCUT2D eigenvalue weighted by Gasteiger charge is -2.49. The number of hydrogen-bond donors (Lipinski definition) is 2. The second kappa shape index (κ2) is 13.8. The highest BCUT2D eigenvalue weighted by Gasteiger charge is 2.48. The van der Waals surface area contributed by atoms with Crippen LogP contribution in [-0.4, -0.2) is 46.8 Å². The molecule has 180 valence electrons. The van der Waals surface area contributed by atoms with Crippen LogP contribution < -0.4 is 0 Å². The quantitative estimate of drug-likeness (QED) is 0.0958. The first-order chi connectivity index (χ1) is 13.4. The van der Waals surface area contributed by atoms with Gasteiger partial charge in [0.2, 0.25) is 0 Å². The Balaban J connectivity index is 4.07. The van der Waals surface area contributed by atoms with Crippen LogP contribution in [0.4, 0.5) is 0 Å². The largest absolute Gasteiger partial charge is 0.327 e. The first-order valence-electron chi connectivity index (χ1n) is 10.9. The Morgan fingerprint density at radius 3 is 1.38 bits per heavy atom. The van der Waals surface area contributed by atoms with E-state index in [1.54, 1.807) is 0 Å². The minimum absolute atomic E-state index is 0.169. The van der Waals surface area contributed by atoms with E-state index in [4.69, 9.17) is 0 Å². The van der Waals surface area contributed by atoms with Crippen molar-refractivity contribution < 1.29 is 25.6 Å². The van der Waals surface area contributed by atoms with Crippen LogP contribution in [0.25, 0.3) is 0 Å². The number of rotatable bonds is 19. The second-order valence-electron chi connectivity index (χ2n) is 8.56. The molecule has 0 aromatic rings. The molecule has 0 heterocycles. The highest BCUT2D eigenvalue weighted by Crippen LogP contribution is 2.80. The topological polar surface area (TPSA) is 97.7 Å². The highest BCUT2D eigenvalue weighted by molar-refractivity contribution is 9.40. The van der Waals surface area contributed by atoms with Crippen molar-refractivity contribution in [2.45, 2.75) is 96.8 Å². The van der Waals surface area contributed by atoms with Crippen molar-refractivity contribution in [3.63, 3.8) is 0 Å². The van der Waals surface area contributed by atoms with Crippen LogP contribution in [0.5, 0.6) is 0 Å². The summed E-state index contributed by atoms with van der Waals surface area (Å²) in [7, 11) is -11.2. The number of thiol groups is 1. The van der Waals surface area contributed by atoms with Crippen LogP contribution in [0.15, 0.2) is 0 Å². The third-order valence-electron chi connectivity index (χ3n) is 5.38. The lowest BCUT2D eigenvalue weighted by molar-refractivity contribution is 0.412. The van der Waals surface area contributed by atoms with Crippen molar-refractivity contribution in [2.24, 2.45) is 0 Å². The van der Waals surface area contributed by atoms with Crippen LogP contribution in [0.1, 0.15) is 96.8 Å². The Morgan fingerprint density at radius 1 is 0.724 bits per heavy atom. The summed E-state index contributed by atoms with van der Waals surface area (Å²) in [4.78, 5) is 0. The molecule has 0 saturated carbocycles. The maximum atomic E-state index is 12.4. The molecule has 0 bridgehead atoms. The van der Waals surface area contributed by atoms with Crippen molar-refractivity contribution in [1.82, 2.24) is 0 Å². The van der Waals surface area contributed by atoms with E-state index in [0.717, 1.165) is 26.4 Å². The maximum absolute atomic E-state index is 12.4. The van der Waals surface area contributed by atoms with Gasteiger partial charge in [-0.05, 0) is 24.7 Å². The Hall–Kier alpha value is 0.520. The SMILES string of the molecule is CCCCCCCCCCCCCCCC[SH](C)(C)(SS(=O)(=O)O)S(=O)(=O)OC. The molecule has 0 rings (SSSR count). The zero-order valence-corrected chi connectivity index (χ0v) is 22.1. The van der Waals surface area contributed by atoms with Crippen LogP contribution in [0.2, 0.25) is 0 Å². The molecule has 0 spiro atoms. The molecular formula is C19H44O6S4. The van der Waals surface area contributed by atoms with Gasteiger partial charge in [-0.25, -0.2) is 0 Å². The average molecular weight is 497 g/mol. The maximum Gasteiger partial charge on any atom is 0.327 e. The van der Waals surface area contributed by atoms with Crippen molar-refractivity contribution >= 4 is 35.4 Å². The fourth-order valence-electron chi connectivity index (χ4n) is 3.46. The normalized spacial score (nSPS) is 14.6. The molecule has 6 nitrogen and oxygen atoms in total. The first kappa shape index (κ1) is 29.5. The summed E-state index contributed by atoms with van der Waals surface area (Å²) in [5, 5.41) is 0. The summed E-state index contributed by atoms with van der Waals surface area (Å²) in [5.41, 5.74) is 0. The van der Waals surface area contributed by atoms with E-state index in [0.29, 0.717) is 6.42 Å². The minimum atomic E-state index is -4.49. The summed E-state index contributed by atoms with van der Waals surface area (Å²) in [6.07, 6.45) is 19.5. The molecule has 0 unspecified atom stereocenters. The standard InChI is InChI=1S/C19H44O6S4/c1-5-6-7-8-9-10-11-12-13-14-15-16-17-18-19-29(3,4,26-27(20,21)22)28(23,24)25-2/h29H,5-19H2,1-4H3,(H,20,21,22). The molecule has 0 saturated heterocycles. The zero-order chi connectivity index (χ0) is 22.5. The van der Waals surface area contributed by atoms with Crippen molar-refractivity contribution in [2.75, 3.05) is 25.4 Å². The molecule has 0 atom stereocenters. The van der Waals surface area contributed by atoms with Gasteiger partial charge < -0.3 is 0 Å². The van der Waals surface area contributed by atoms with Gasteiger partial charge in [0, 0.05) is 9.83 Å². The molecule has 0 aromatic heterocycles.